The molecule has 0 aromatic carbocycles. The third-order valence-electron chi connectivity index (χ3n) is 1.30. The minimum atomic E-state index is 1.19. The van der Waals surface area contributed by atoms with Crippen LogP contribution in [0.3, 0.4) is 0 Å². The van der Waals surface area contributed by atoms with Crippen LogP contribution in [0.4, 0.5) is 0 Å². The highest BCUT2D eigenvalue weighted by Crippen LogP contribution is 2.11. The Bertz CT molecular complexity index is 101. The summed E-state index contributed by atoms with van der Waals surface area (Å²) in [6, 6.07) is 0. The van der Waals surface area contributed by atoms with Crippen molar-refractivity contribution in [2.24, 2.45) is 0 Å². The largest absolute Gasteiger partial charge is 0.157 e. The number of rotatable bonds is 6. The normalized spacial score (nSPS) is 9.73. The van der Waals surface area contributed by atoms with Crippen molar-refractivity contribution in [1.29, 1.82) is 0 Å². The van der Waals surface area contributed by atoms with Crippen molar-refractivity contribution in [3.63, 3.8) is 0 Å². The van der Waals surface area contributed by atoms with Crippen molar-refractivity contribution in [2.45, 2.75) is 40.0 Å². The Hall–Kier alpha value is 0.0900. The molecule has 0 atom stereocenters. The SMILES string of the molecule is CC[CH]SCCCC=C(C)C. The van der Waals surface area contributed by atoms with E-state index in [4.69, 9.17) is 0 Å². The van der Waals surface area contributed by atoms with E-state index in [0.29, 0.717) is 0 Å². The lowest BCUT2D eigenvalue weighted by molar-refractivity contribution is 0.960. The van der Waals surface area contributed by atoms with Gasteiger partial charge >= 0.3 is 0 Å². The summed E-state index contributed by atoms with van der Waals surface area (Å²) < 4.78 is 0. The molecule has 0 N–H and O–H groups in total. The van der Waals surface area contributed by atoms with Gasteiger partial charge in [0.2, 0.25) is 0 Å². The van der Waals surface area contributed by atoms with E-state index < -0.39 is 0 Å². The summed E-state index contributed by atoms with van der Waals surface area (Å²) in [7, 11) is 0. The Morgan fingerprint density at radius 1 is 1.36 bits per heavy atom. The van der Waals surface area contributed by atoms with Gasteiger partial charge in [0.05, 0.1) is 0 Å². The van der Waals surface area contributed by atoms with Gasteiger partial charge in [0, 0.05) is 5.75 Å². The first-order valence-electron chi connectivity index (χ1n) is 4.34. The van der Waals surface area contributed by atoms with E-state index >= 15 is 0 Å². The van der Waals surface area contributed by atoms with Crippen molar-refractivity contribution in [1.82, 2.24) is 0 Å². The number of thioether (sulfide) groups is 1. The van der Waals surface area contributed by atoms with Gasteiger partial charge < -0.3 is 0 Å². The second kappa shape index (κ2) is 8.19. The highest BCUT2D eigenvalue weighted by Gasteiger charge is 1.86. The van der Waals surface area contributed by atoms with Gasteiger partial charge in [-0.3, -0.25) is 0 Å². The fourth-order valence-corrected chi connectivity index (χ4v) is 1.49. The lowest BCUT2D eigenvalue weighted by Crippen LogP contribution is -1.77. The van der Waals surface area contributed by atoms with Gasteiger partial charge in [-0.05, 0) is 38.9 Å². The predicted octanol–water partition coefficient (Wildman–Crippen LogP) is 4.04. The maximum absolute atomic E-state index is 2.31. The third-order valence-corrected chi connectivity index (χ3v) is 2.40. The maximum atomic E-state index is 2.31. The molecule has 0 aliphatic carbocycles. The molecule has 0 unspecified atom stereocenters. The van der Waals surface area contributed by atoms with E-state index in [1.165, 1.54) is 30.6 Å². The zero-order valence-electron chi connectivity index (χ0n) is 7.89. The Labute approximate surface area is 75.5 Å². The molecule has 0 fully saturated rings. The van der Waals surface area contributed by atoms with Crippen LogP contribution in [0.1, 0.15) is 40.0 Å². The maximum Gasteiger partial charge on any atom is 0.0163 e. The standard InChI is InChI=1S/C10H19S/c1-4-8-11-9-6-5-7-10(2)3/h7-8H,4-6,9H2,1-3H3. The Kier molecular flexibility index (Phi) is 8.26. The van der Waals surface area contributed by atoms with Crippen LogP contribution in [0.2, 0.25) is 0 Å². The van der Waals surface area contributed by atoms with Gasteiger partial charge in [0.1, 0.15) is 0 Å². The zero-order chi connectivity index (χ0) is 8.53. The molecule has 0 aromatic rings. The van der Waals surface area contributed by atoms with Crippen LogP contribution in [0.25, 0.3) is 0 Å². The van der Waals surface area contributed by atoms with E-state index in [0.717, 1.165) is 0 Å². The summed E-state index contributed by atoms with van der Waals surface area (Å²) in [4.78, 5) is 0. The third kappa shape index (κ3) is 10.1. The molecule has 0 rings (SSSR count). The molecule has 0 aromatic heterocycles. The van der Waals surface area contributed by atoms with Crippen molar-refractivity contribution in [3.05, 3.63) is 17.4 Å². The summed E-state index contributed by atoms with van der Waals surface area (Å²) in [6.07, 6.45) is 6.05. The second-order valence-electron chi connectivity index (χ2n) is 2.87. The van der Waals surface area contributed by atoms with E-state index in [1.54, 1.807) is 0 Å². The Morgan fingerprint density at radius 3 is 2.64 bits per heavy atom. The first-order chi connectivity index (χ1) is 5.27. The number of unbranched alkanes of at least 4 members (excludes halogenated alkanes) is 1. The molecule has 1 radical (unpaired) electrons. The average molecular weight is 171 g/mol. The predicted molar refractivity (Wildman–Crippen MR) is 55.7 cm³/mol. The molecule has 0 bridgehead atoms. The van der Waals surface area contributed by atoms with Crippen LogP contribution in [-0.2, 0) is 0 Å². The summed E-state index contributed by atoms with van der Waals surface area (Å²) in [5.41, 5.74) is 1.44. The summed E-state index contributed by atoms with van der Waals surface area (Å²) in [5.74, 6) is 3.56. The molecule has 0 nitrogen and oxygen atoms in total. The Balaban J connectivity index is 2.97. The monoisotopic (exact) mass is 171 g/mol. The fourth-order valence-electron chi connectivity index (χ4n) is 0.759. The number of allylic oxidation sites excluding steroid dienone is 2. The minimum absolute atomic E-state index is 1.19. The van der Waals surface area contributed by atoms with Crippen LogP contribution in [0.5, 0.6) is 0 Å². The van der Waals surface area contributed by atoms with Gasteiger partial charge in [-0.15, -0.1) is 0 Å². The van der Waals surface area contributed by atoms with Crippen molar-refractivity contribution >= 4 is 11.8 Å². The lowest BCUT2D eigenvalue weighted by Gasteiger charge is -1.96. The molecule has 1 heteroatoms. The van der Waals surface area contributed by atoms with E-state index in [9.17, 15) is 0 Å². The summed E-state index contributed by atoms with van der Waals surface area (Å²) >= 11 is 1.95. The van der Waals surface area contributed by atoms with Crippen LogP contribution < -0.4 is 0 Å². The molecular weight excluding hydrogens is 152 g/mol. The van der Waals surface area contributed by atoms with Crippen LogP contribution in [0, 0.1) is 5.75 Å². The molecule has 11 heavy (non-hydrogen) atoms. The average Bonchev–Trinajstić information content (AvgIpc) is 1.96. The minimum Gasteiger partial charge on any atom is -0.157 e. The fraction of sp³-hybridized carbons (Fsp3) is 0.700. The van der Waals surface area contributed by atoms with Crippen molar-refractivity contribution in [2.75, 3.05) is 5.75 Å². The van der Waals surface area contributed by atoms with E-state index in [2.05, 4.69) is 32.6 Å². The molecule has 0 saturated heterocycles. The molecule has 65 valence electrons. The highest BCUT2D eigenvalue weighted by atomic mass is 32.2. The molecule has 0 amide bonds. The molecular formula is C10H19S. The number of hydrogen-bond acceptors (Lipinski definition) is 1. The van der Waals surface area contributed by atoms with Gasteiger partial charge in [-0.25, -0.2) is 0 Å². The van der Waals surface area contributed by atoms with Gasteiger partial charge in [-0.2, -0.15) is 11.8 Å². The molecule has 0 aliphatic rings. The van der Waals surface area contributed by atoms with Gasteiger partial charge in [-0.1, -0.05) is 18.6 Å². The topological polar surface area (TPSA) is 0 Å². The summed E-state index contributed by atoms with van der Waals surface area (Å²) in [6.45, 7) is 6.50. The highest BCUT2D eigenvalue weighted by molar-refractivity contribution is 8.01. The lowest BCUT2D eigenvalue weighted by atomic mass is 10.2. The van der Waals surface area contributed by atoms with E-state index in [1.807, 2.05) is 11.8 Å². The first-order valence-corrected chi connectivity index (χ1v) is 5.39. The molecule has 0 aliphatic heterocycles. The number of hydrogen-bond donors (Lipinski definition) is 0. The van der Waals surface area contributed by atoms with Crippen molar-refractivity contribution in [3.8, 4) is 0 Å². The summed E-state index contributed by atoms with van der Waals surface area (Å²) in [5, 5.41) is 0. The first kappa shape index (κ1) is 11.1. The van der Waals surface area contributed by atoms with Crippen molar-refractivity contribution < 1.29 is 0 Å². The zero-order valence-corrected chi connectivity index (χ0v) is 8.71. The van der Waals surface area contributed by atoms with Crippen LogP contribution >= 0.6 is 11.8 Å². The van der Waals surface area contributed by atoms with Crippen LogP contribution in [0.15, 0.2) is 11.6 Å². The second-order valence-corrected chi connectivity index (χ2v) is 3.94. The molecule has 0 saturated carbocycles. The van der Waals surface area contributed by atoms with Gasteiger partial charge in [0.25, 0.3) is 0 Å². The Morgan fingerprint density at radius 2 is 2.09 bits per heavy atom. The smallest absolute Gasteiger partial charge is 0.0163 e. The quantitative estimate of drug-likeness (QED) is 0.429. The van der Waals surface area contributed by atoms with Gasteiger partial charge in [0.15, 0.2) is 0 Å². The molecule has 0 spiro atoms. The van der Waals surface area contributed by atoms with Crippen LogP contribution in [-0.4, -0.2) is 5.75 Å². The molecule has 0 heterocycles. The van der Waals surface area contributed by atoms with E-state index in [-0.39, 0.29) is 0 Å².